The minimum atomic E-state index is -0.112. The zero-order valence-electron chi connectivity index (χ0n) is 27.5. The van der Waals surface area contributed by atoms with Crippen LogP contribution >= 0.6 is 0 Å². The molecule has 0 amide bonds. The number of hydrogen-bond donors (Lipinski definition) is 0. The van der Waals surface area contributed by atoms with Crippen molar-refractivity contribution in [2.24, 2.45) is 10.9 Å². The molecule has 6 heteroatoms. The Morgan fingerprint density at radius 2 is 1.60 bits per heavy atom. The second-order valence-electron chi connectivity index (χ2n) is 14.1. The maximum absolute atomic E-state index is 6.81. The van der Waals surface area contributed by atoms with Crippen molar-refractivity contribution in [3.63, 3.8) is 0 Å². The van der Waals surface area contributed by atoms with Gasteiger partial charge in [-0.25, -0.2) is 9.98 Å². The highest BCUT2D eigenvalue weighted by atomic mass is 16.5. The number of pyridine rings is 2. The molecule has 0 bridgehead atoms. The number of aromatic nitrogens is 3. The van der Waals surface area contributed by atoms with Gasteiger partial charge in [0.2, 0.25) is 5.90 Å². The van der Waals surface area contributed by atoms with Gasteiger partial charge < -0.3 is 9.47 Å². The summed E-state index contributed by atoms with van der Waals surface area (Å²) >= 11 is 0. The molecule has 1 atom stereocenters. The molecule has 8 rings (SSSR count). The lowest BCUT2D eigenvalue weighted by molar-refractivity contribution is 0.279. The van der Waals surface area contributed by atoms with E-state index in [0.717, 1.165) is 44.8 Å². The van der Waals surface area contributed by atoms with Crippen LogP contribution in [0, 0.1) is 12.8 Å². The van der Waals surface area contributed by atoms with Crippen molar-refractivity contribution in [1.82, 2.24) is 14.5 Å². The molecule has 0 unspecified atom stereocenters. The van der Waals surface area contributed by atoms with Crippen LogP contribution in [0.5, 0.6) is 11.5 Å². The van der Waals surface area contributed by atoms with E-state index in [1.165, 1.54) is 42.2 Å². The number of rotatable bonds is 6. The number of fused-ring (bicyclic) bond motifs is 3. The fourth-order valence-electron chi connectivity index (χ4n) is 7.16. The standard InChI is InChI=1S/C41H40N4O2/c1-26-14-15-38-35(18-26)34-12-9-17-43-39(34)45(38)31-22-30(41(2,3)4)23-33(24-31)47-32-20-28(36-13-7-8-16-42-36)19-29(21-32)40-44-37(25-46-40)27-10-5-6-11-27/h7-9,12-24,27,37H,5-6,10-11,25H2,1-4H3/t37-/m0/s1. The van der Waals surface area contributed by atoms with E-state index < -0.39 is 0 Å². The summed E-state index contributed by atoms with van der Waals surface area (Å²) in [7, 11) is 0. The third-order valence-electron chi connectivity index (χ3n) is 9.66. The van der Waals surface area contributed by atoms with Crippen molar-refractivity contribution in [3.05, 3.63) is 114 Å². The summed E-state index contributed by atoms with van der Waals surface area (Å²) in [5.74, 6) is 2.78. The molecule has 6 nitrogen and oxygen atoms in total. The van der Waals surface area contributed by atoms with Crippen molar-refractivity contribution < 1.29 is 9.47 Å². The van der Waals surface area contributed by atoms with Crippen molar-refractivity contribution >= 4 is 27.8 Å². The Kier molecular flexibility index (Phi) is 7.31. The van der Waals surface area contributed by atoms with Crippen LogP contribution in [0.3, 0.4) is 0 Å². The Bertz CT molecular complexity index is 2140. The molecule has 1 saturated carbocycles. The van der Waals surface area contributed by atoms with E-state index in [1.54, 1.807) is 0 Å². The summed E-state index contributed by atoms with van der Waals surface area (Å²) < 4.78 is 15.3. The molecule has 0 spiro atoms. The largest absolute Gasteiger partial charge is 0.475 e. The Balaban J connectivity index is 1.25. The zero-order valence-corrected chi connectivity index (χ0v) is 27.5. The first kappa shape index (κ1) is 29.4. The molecule has 47 heavy (non-hydrogen) atoms. The summed E-state index contributed by atoms with van der Waals surface area (Å²) in [6, 6.07) is 29.7. The fraction of sp³-hybridized carbons (Fsp3) is 0.293. The van der Waals surface area contributed by atoms with Gasteiger partial charge in [-0.1, -0.05) is 51.3 Å². The summed E-state index contributed by atoms with van der Waals surface area (Å²) in [6.45, 7) is 9.49. The van der Waals surface area contributed by atoms with Crippen LogP contribution in [-0.4, -0.2) is 33.1 Å². The Morgan fingerprint density at radius 1 is 0.787 bits per heavy atom. The fourth-order valence-corrected chi connectivity index (χ4v) is 7.16. The minimum Gasteiger partial charge on any atom is -0.475 e. The molecule has 3 aromatic carbocycles. The van der Waals surface area contributed by atoms with Gasteiger partial charge in [-0.05, 0) is 103 Å². The molecular weight excluding hydrogens is 580 g/mol. The second kappa shape index (κ2) is 11.7. The molecule has 1 aliphatic carbocycles. The Labute approximate surface area is 276 Å². The Morgan fingerprint density at radius 3 is 2.40 bits per heavy atom. The van der Waals surface area contributed by atoms with Crippen LogP contribution in [-0.2, 0) is 10.2 Å². The van der Waals surface area contributed by atoms with Gasteiger partial charge in [-0.2, -0.15) is 0 Å². The predicted octanol–water partition coefficient (Wildman–Crippen LogP) is 9.97. The summed E-state index contributed by atoms with van der Waals surface area (Å²) in [5.41, 5.74) is 8.10. The number of ether oxygens (including phenoxy) is 2. The van der Waals surface area contributed by atoms with Gasteiger partial charge in [0.25, 0.3) is 0 Å². The second-order valence-corrected chi connectivity index (χ2v) is 14.1. The predicted molar refractivity (Wildman–Crippen MR) is 190 cm³/mol. The number of nitrogens with zero attached hydrogens (tertiary/aromatic N) is 4. The molecule has 1 fully saturated rings. The van der Waals surface area contributed by atoms with E-state index in [1.807, 2.05) is 36.7 Å². The monoisotopic (exact) mass is 620 g/mol. The van der Waals surface area contributed by atoms with Gasteiger partial charge in [-0.15, -0.1) is 0 Å². The third kappa shape index (κ3) is 5.67. The lowest BCUT2D eigenvalue weighted by Gasteiger charge is -2.22. The van der Waals surface area contributed by atoms with E-state index in [9.17, 15) is 0 Å². The van der Waals surface area contributed by atoms with Crippen LogP contribution in [0.15, 0.2) is 102 Å². The van der Waals surface area contributed by atoms with E-state index >= 15 is 0 Å². The summed E-state index contributed by atoms with van der Waals surface area (Å²) in [5, 5.41) is 2.33. The molecule has 236 valence electrons. The van der Waals surface area contributed by atoms with Crippen LogP contribution in [0.25, 0.3) is 38.9 Å². The lowest BCUT2D eigenvalue weighted by atomic mass is 9.86. The molecule has 0 saturated heterocycles. The molecule has 3 aromatic heterocycles. The van der Waals surface area contributed by atoms with Crippen LogP contribution in [0.2, 0.25) is 0 Å². The van der Waals surface area contributed by atoms with Gasteiger partial charge >= 0.3 is 0 Å². The van der Waals surface area contributed by atoms with Crippen molar-refractivity contribution in [1.29, 1.82) is 0 Å². The van der Waals surface area contributed by atoms with Crippen LogP contribution in [0.1, 0.15) is 63.1 Å². The normalized spacial score (nSPS) is 16.9. The average molecular weight is 621 g/mol. The summed E-state index contributed by atoms with van der Waals surface area (Å²) in [4.78, 5) is 14.6. The maximum Gasteiger partial charge on any atom is 0.216 e. The molecule has 0 N–H and O–H groups in total. The van der Waals surface area contributed by atoms with E-state index in [-0.39, 0.29) is 11.5 Å². The topological polar surface area (TPSA) is 61.5 Å². The lowest BCUT2D eigenvalue weighted by Crippen LogP contribution is -2.16. The highest BCUT2D eigenvalue weighted by Gasteiger charge is 2.30. The summed E-state index contributed by atoms with van der Waals surface area (Å²) in [6.07, 6.45) is 8.74. The van der Waals surface area contributed by atoms with E-state index in [0.29, 0.717) is 24.2 Å². The SMILES string of the molecule is Cc1ccc2c(c1)c1cccnc1n2-c1cc(Oc2cc(C3=N[C@H](C4CCCC4)CO3)cc(-c3ccccn3)c2)cc(C(C)(C)C)c1. The quantitative estimate of drug-likeness (QED) is 0.186. The number of aliphatic imine (C=N–C) groups is 1. The number of aryl methyl sites for hydroxylation is 1. The van der Waals surface area contributed by atoms with E-state index in [2.05, 4.69) is 97.9 Å². The smallest absolute Gasteiger partial charge is 0.216 e. The van der Waals surface area contributed by atoms with Crippen LogP contribution in [0.4, 0.5) is 0 Å². The molecule has 2 aliphatic rings. The molecule has 6 aromatic rings. The highest BCUT2D eigenvalue weighted by Crippen LogP contribution is 2.38. The maximum atomic E-state index is 6.81. The van der Waals surface area contributed by atoms with Gasteiger partial charge in [0.15, 0.2) is 0 Å². The number of hydrogen-bond acceptors (Lipinski definition) is 5. The van der Waals surface area contributed by atoms with E-state index in [4.69, 9.17) is 19.5 Å². The molecule has 1 aliphatic heterocycles. The van der Waals surface area contributed by atoms with Gasteiger partial charge in [0, 0.05) is 40.4 Å². The Hall–Kier alpha value is -4.97. The molecule has 0 radical (unpaired) electrons. The zero-order chi connectivity index (χ0) is 32.1. The molecule has 4 heterocycles. The van der Waals surface area contributed by atoms with Crippen molar-refractivity contribution in [3.8, 4) is 28.4 Å². The van der Waals surface area contributed by atoms with Crippen molar-refractivity contribution in [2.45, 2.75) is 64.8 Å². The third-order valence-corrected chi connectivity index (χ3v) is 9.66. The first-order chi connectivity index (χ1) is 22.8. The van der Waals surface area contributed by atoms with Gasteiger partial charge in [-0.3, -0.25) is 9.55 Å². The van der Waals surface area contributed by atoms with Crippen molar-refractivity contribution in [2.75, 3.05) is 6.61 Å². The minimum absolute atomic E-state index is 0.112. The van der Waals surface area contributed by atoms with Gasteiger partial charge in [0.1, 0.15) is 23.8 Å². The van der Waals surface area contributed by atoms with Gasteiger partial charge in [0.05, 0.1) is 22.9 Å². The number of benzene rings is 3. The van der Waals surface area contributed by atoms with Crippen LogP contribution < -0.4 is 4.74 Å². The average Bonchev–Trinajstić information content (AvgIpc) is 3.84. The highest BCUT2D eigenvalue weighted by molar-refractivity contribution is 6.08. The molecular formula is C41H40N4O2. The first-order valence-corrected chi connectivity index (χ1v) is 16.8. The first-order valence-electron chi connectivity index (χ1n) is 16.8.